The highest BCUT2D eigenvalue weighted by molar-refractivity contribution is 6.12. The lowest BCUT2D eigenvalue weighted by molar-refractivity contribution is -0.137. The molecule has 0 aliphatic carbocycles. The van der Waals surface area contributed by atoms with E-state index in [9.17, 15) is 27.6 Å². The van der Waals surface area contributed by atoms with E-state index in [0.29, 0.717) is 34.7 Å². The minimum absolute atomic E-state index is 0.0480. The first-order chi connectivity index (χ1) is 27.4. The van der Waals surface area contributed by atoms with Gasteiger partial charge in [-0.05, 0) is 123 Å². The van der Waals surface area contributed by atoms with Crippen molar-refractivity contribution in [1.29, 1.82) is 5.41 Å². The monoisotopic (exact) mass is 777 g/mol. The number of halogens is 3. The molecule has 2 aliphatic rings. The van der Waals surface area contributed by atoms with Crippen molar-refractivity contribution in [2.45, 2.75) is 50.9 Å². The lowest BCUT2D eigenvalue weighted by Crippen LogP contribution is -2.52. The summed E-state index contributed by atoms with van der Waals surface area (Å²) in [4.78, 5) is 45.8. The highest BCUT2D eigenvalue weighted by Gasteiger charge is 2.31. The summed E-state index contributed by atoms with van der Waals surface area (Å²) in [6.45, 7) is 4.47. The van der Waals surface area contributed by atoms with Crippen molar-refractivity contribution < 1.29 is 32.3 Å². The van der Waals surface area contributed by atoms with Crippen molar-refractivity contribution in [2.75, 3.05) is 32.0 Å². The van der Waals surface area contributed by atoms with Crippen LogP contribution >= 0.6 is 0 Å². The number of urea groups is 1. The number of aromatic nitrogens is 1. The number of alkyl halides is 3. The van der Waals surface area contributed by atoms with Gasteiger partial charge in [0.2, 0.25) is 5.91 Å². The number of fused-ring (bicyclic) bond motifs is 1. The topological polar surface area (TPSA) is 140 Å². The summed E-state index contributed by atoms with van der Waals surface area (Å²) in [6, 6.07) is 25.9. The molecule has 0 bridgehead atoms. The second-order valence-corrected chi connectivity index (χ2v) is 14.3. The van der Waals surface area contributed by atoms with Crippen LogP contribution in [0.15, 0.2) is 97.1 Å². The fourth-order valence-electron chi connectivity index (χ4n) is 7.31. The van der Waals surface area contributed by atoms with Crippen molar-refractivity contribution >= 4 is 40.1 Å². The molecule has 4 N–H and O–H groups in total. The molecule has 7 rings (SSSR count). The van der Waals surface area contributed by atoms with E-state index < -0.39 is 17.8 Å². The highest BCUT2D eigenvalue weighted by atomic mass is 19.4. The Labute approximate surface area is 327 Å². The van der Waals surface area contributed by atoms with Crippen molar-refractivity contribution in [2.24, 2.45) is 0 Å². The predicted molar refractivity (Wildman–Crippen MR) is 211 cm³/mol. The van der Waals surface area contributed by atoms with E-state index in [1.165, 1.54) is 17.0 Å². The van der Waals surface area contributed by atoms with Crippen molar-refractivity contribution in [3.63, 3.8) is 0 Å². The molecule has 2 fully saturated rings. The average Bonchev–Trinajstić information content (AvgIpc) is 3.20. The van der Waals surface area contributed by atoms with Crippen LogP contribution in [0.4, 0.5) is 23.7 Å². The summed E-state index contributed by atoms with van der Waals surface area (Å²) < 4.78 is 44.9. The Morgan fingerprint density at radius 1 is 0.965 bits per heavy atom. The molecule has 11 nitrogen and oxygen atoms in total. The molecule has 0 radical (unpaired) electrons. The Morgan fingerprint density at radius 3 is 2.44 bits per heavy atom. The van der Waals surface area contributed by atoms with E-state index in [-0.39, 0.29) is 42.4 Å². The summed E-state index contributed by atoms with van der Waals surface area (Å²) in [6.07, 6.45) is -2.39. The number of hydrogen-bond acceptors (Lipinski definition) is 8. The van der Waals surface area contributed by atoms with E-state index >= 15 is 0 Å². The minimum atomic E-state index is -4.43. The molecule has 5 aromatic rings. The van der Waals surface area contributed by atoms with Gasteiger partial charge in [-0.1, -0.05) is 24.3 Å². The number of nitrogens with one attached hydrogen (secondary N) is 4. The molecule has 1 aromatic heterocycles. The van der Waals surface area contributed by atoms with Gasteiger partial charge in [0.05, 0.1) is 23.0 Å². The number of carbonyl (C=O) groups is 3. The van der Waals surface area contributed by atoms with Gasteiger partial charge >= 0.3 is 12.2 Å². The summed E-state index contributed by atoms with van der Waals surface area (Å²) in [5, 5.41) is 18.6. The first kappa shape index (κ1) is 39.0. The van der Waals surface area contributed by atoms with Crippen LogP contribution < -0.4 is 20.7 Å². The lowest BCUT2D eigenvalue weighted by Gasteiger charge is -2.32. The number of carbonyl (C=O) groups excluding carboxylic acids is 3. The second-order valence-electron chi connectivity index (χ2n) is 14.3. The number of rotatable bonds is 10. The maximum absolute atomic E-state index is 13.4. The summed E-state index contributed by atoms with van der Waals surface area (Å²) >= 11 is 0. The Balaban J connectivity index is 0.936. The molecule has 2 aliphatic heterocycles. The number of imide groups is 1. The molecule has 1 unspecified atom stereocenters. The van der Waals surface area contributed by atoms with Crippen LogP contribution in [0.1, 0.15) is 76.6 Å². The Bertz CT molecular complexity index is 2320. The number of amides is 4. The van der Waals surface area contributed by atoms with Crippen LogP contribution in [0.25, 0.3) is 10.8 Å². The fourth-order valence-corrected chi connectivity index (χ4v) is 7.31. The van der Waals surface area contributed by atoms with Crippen LogP contribution in [0.2, 0.25) is 0 Å². The maximum atomic E-state index is 13.4. The standard InChI is InChI=1S/C43H42F3N7O4/c1-26(49-41(55)30-10-15-34-29(23-30)5-3-8-38(34)57-33-13-11-31(12-14-33)43(44,45)46)36-7-4-6-32(50-36)25-52-20-17-27(18-21-52)28-9-16-35(37(24-28)48-2)40(47)53-22-19-39(54)51-42(53)56/h3-16,23-24,26-27,47-48H,17-22,25H2,1-2H3,(H,49,55)(H,51,54,56). The smallest absolute Gasteiger partial charge is 0.416 e. The molecule has 0 spiro atoms. The van der Waals surface area contributed by atoms with Gasteiger partial charge in [-0.25, -0.2) is 4.79 Å². The van der Waals surface area contributed by atoms with Gasteiger partial charge < -0.3 is 15.4 Å². The maximum Gasteiger partial charge on any atom is 0.416 e. The molecule has 14 heteroatoms. The molecule has 4 aromatic carbocycles. The third-order valence-corrected chi connectivity index (χ3v) is 10.5. The molecule has 57 heavy (non-hydrogen) atoms. The normalized spacial score (nSPS) is 15.9. The molecule has 1 atom stereocenters. The number of anilines is 1. The highest BCUT2D eigenvalue weighted by Crippen LogP contribution is 2.35. The predicted octanol–water partition coefficient (Wildman–Crippen LogP) is 8.23. The third kappa shape index (κ3) is 8.91. The second kappa shape index (κ2) is 16.4. The Kier molecular flexibility index (Phi) is 11.2. The Hall–Kier alpha value is -6.28. The van der Waals surface area contributed by atoms with Gasteiger partial charge in [-0.3, -0.25) is 35.1 Å². The fraction of sp³-hybridized carbons (Fsp3) is 0.279. The molecule has 3 heterocycles. The van der Waals surface area contributed by atoms with Gasteiger partial charge in [0.1, 0.15) is 17.3 Å². The average molecular weight is 778 g/mol. The van der Waals surface area contributed by atoms with Crippen LogP contribution in [-0.4, -0.2) is 65.1 Å². The number of nitrogens with zero attached hydrogens (tertiary/aromatic N) is 3. The molecule has 0 saturated carbocycles. The Morgan fingerprint density at radius 2 is 1.72 bits per heavy atom. The number of hydrogen-bond donors (Lipinski definition) is 4. The minimum Gasteiger partial charge on any atom is -0.457 e. The molecular weight excluding hydrogens is 736 g/mol. The number of benzene rings is 4. The van der Waals surface area contributed by atoms with Gasteiger partial charge in [0.25, 0.3) is 5.91 Å². The van der Waals surface area contributed by atoms with Crippen molar-refractivity contribution in [3.8, 4) is 11.5 Å². The molecule has 4 amide bonds. The SMILES string of the molecule is CNc1cc(C2CCN(Cc3cccc(C(C)NC(=O)c4ccc5c(Oc6ccc(C(F)(F)F)cc6)cccc5c4)n3)CC2)ccc1C(=N)N1CCC(=O)NC1=O. The zero-order valence-electron chi connectivity index (χ0n) is 31.5. The number of likely N-dealkylation sites (tertiary alicyclic amines) is 1. The molecule has 2 saturated heterocycles. The number of piperidine rings is 1. The number of pyridine rings is 1. The summed E-state index contributed by atoms with van der Waals surface area (Å²) in [5.74, 6) is 0.493. The van der Waals surface area contributed by atoms with Crippen molar-refractivity contribution in [1.82, 2.24) is 25.4 Å². The first-order valence-electron chi connectivity index (χ1n) is 18.7. The quantitative estimate of drug-likeness (QED) is 0.0828. The van der Waals surface area contributed by atoms with Crippen LogP contribution in [0.3, 0.4) is 0 Å². The van der Waals surface area contributed by atoms with Gasteiger partial charge in [-0.2, -0.15) is 13.2 Å². The summed E-state index contributed by atoms with van der Waals surface area (Å²) in [7, 11) is 1.79. The van der Waals surface area contributed by atoms with Crippen LogP contribution in [0.5, 0.6) is 11.5 Å². The molecular formula is C43H42F3N7O4. The van der Waals surface area contributed by atoms with E-state index in [1.807, 2.05) is 43.3 Å². The number of amidine groups is 1. The van der Waals surface area contributed by atoms with E-state index in [1.54, 1.807) is 37.4 Å². The zero-order chi connectivity index (χ0) is 40.3. The third-order valence-electron chi connectivity index (χ3n) is 10.5. The van der Waals surface area contributed by atoms with Crippen molar-refractivity contribution in [3.05, 3.63) is 131 Å². The summed E-state index contributed by atoms with van der Waals surface area (Å²) in [5.41, 5.74) is 3.85. The molecule has 294 valence electrons. The van der Waals surface area contributed by atoms with Gasteiger partial charge in [0, 0.05) is 48.8 Å². The van der Waals surface area contributed by atoms with E-state index in [0.717, 1.165) is 66.1 Å². The van der Waals surface area contributed by atoms with Crippen LogP contribution in [-0.2, 0) is 17.5 Å². The first-order valence-corrected chi connectivity index (χ1v) is 18.7. The van der Waals surface area contributed by atoms with Gasteiger partial charge in [-0.15, -0.1) is 0 Å². The van der Waals surface area contributed by atoms with E-state index in [2.05, 4.69) is 26.9 Å². The largest absolute Gasteiger partial charge is 0.457 e. The lowest BCUT2D eigenvalue weighted by atomic mass is 9.88. The van der Waals surface area contributed by atoms with Crippen LogP contribution in [0, 0.1) is 5.41 Å². The zero-order valence-corrected chi connectivity index (χ0v) is 31.5. The van der Waals surface area contributed by atoms with E-state index in [4.69, 9.17) is 15.1 Å². The van der Waals surface area contributed by atoms with Gasteiger partial charge in [0.15, 0.2) is 0 Å². The number of ether oxygens (including phenoxy) is 1.